The van der Waals surface area contributed by atoms with Gasteiger partial charge in [0.05, 0.1) is 16.7 Å². The van der Waals surface area contributed by atoms with Gasteiger partial charge in [0.1, 0.15) is 5.52 Å². The number of oxazole rings is 1. The molecule has 0 radical (unpaired) electrons. The third kappa shape index (κ3) is 4.80. The Morgan fingerprint density at radius 3 is 1.86 bits per heavy atom. The van der Waals surface area contributed by atoms with Gasteiger partial charge >= 0.3 is 0 Å². The number of hydrogen-bond donors (Lipinski definition) is 0. The highest BCUT2D eigenvalue weighted by molar-refractivity contribution is 6.22. The van der Waals surface area contributed by atoms with E-state index >= 15 is 0 Å². The first-order valence-electron chi connectivity index (χ1n) is 17.2. The van der Waals surface area contributed by atoms with Crippen LogP contribution in [0.25, 0.3) is 71.9 Å². The van der Waals surface area contributed by atoms with E-state index < -0.39 is 0 Å². The van der Waals surface area contributed by atoms with Crippen LogP contribution in [0.1, 0.15) is 0 Å². The van der Waals surface area contributed by atoms with Gasteiger partial charge in [-0.15, -0.1) is 0 Å². The number of para-hydroxylation sites is 4. The molecule has 0 fully saturated rings. The second-order valence-electron chi connectivity index (χ2n) is 12.8. The molecule has 0 aliphatic rings. The summed E-state index contributed by atoms with van der Waals surface area (Å²) in [6, 6.07) is 66.2. The van der Waals surface area contributed by atoms with E-state index in [9.17, 15) is 0 Å². The van der Waals surface area contributed by atoms with Crippen molar-refractivity contribution in [2.75, 3.05) is 4.90 Å². The van der Waals surface area contributed by atoms with Gasteiger partial charge in [0.25, 0.3) is 0 Å². The lowest BCUT2D eigenvalue weighted by Crippen LogP contribution is -2.10. The average molecular weight is 654 g/mol. The second kappa shape index (κ2) is 11.9. The summed E-state index contributed by atoms with van der Waals surface area (Å²) < 4.78 is 8.80. The smallest absolute Gasteiger partial charge is 0.227 e. The maximum Gasteiger partial charge on any atom is 0.227 e. The molecule has 10 rings (SSSR count). The van der Waals surface area contributed by atoms with E-state index in [0.29, 0.717) is 5.89 Å². The molecule has 8 aromatic carbocycles. The van der Waals surface area contributed by atoms with Gasteiger partial charge in [-0.2, -0.15) is 0 Å². The molecular weight excluding hydrogens is 623 g/mol. The van der Waals surface area contributed by atoms with Crippen molar-refractivity contribution >= 4 is 60.7 Å². The number of hydrogen-bond acceptors (Lipinski definition) is 3. The van der Waals surface area contributed by atoms with E-state index in [4.69, 9.17) is 9.40 Å². The molecule has 0 saturated heterocycles. The monoisotopic (exact) mass is 653 g/mol. The summed E-state index contributed by atoms with van der Waals surface area (Å²) in [6.45, 7) is 0. The Morgan fingerprint density at radius 2 is 1.10 bits per heavy atom. The number of anilines is 3. The van der Waals surface area contributed by atoms with E-state index in [1.54, 1.807) is 0 Å². The quantitative estimate of drug-likeness (QED) is 0.179. The number of nitrogens with zero attached hydrogens (tertiary/aromatic N) is 3. The van der Waals surface area contributed by atoms with Crippen LogP contribution in [0.2, 0.25) is 0 Å². The van der Waals surface area contributed by atoms with Gasteiger partial charge in [-0.1, -0.05) is 121 Å². The highest BCUT2D eigenvalue weighted by Crippen LogP contribution is 2.45. The summed E-state index contributed by atoms with van der Waals surface area (Å²) in [6.07, 6.45) is 0. The summed E-state index contributed by atoms with van der Waals surface area (Å²) in [7, 11) is 0. The molecule has 4 nitrogen and oxygen atoms in total. The first-order chi connectivity index (χ1) is 25.3. The van der Waals surface area contributed by atoms with Crippen molar-refractivity contribution in [3.05, 3.63) is 188 Å². The Hall–Kier alpha value is -6.91. The zero-order chi connectivity index (χ0) is 33.7. The Bertz CT molecular complexity index is 2840. The molecular formula is C47H31N3O. The predicted molar refractivity (Wildman–Crippen MR) is 211 cm³/mol. The Labute approximate surface area is 295 Å². The topological polar surface area (TPSA) is 34.2 Å². The van der Waals surface area contributed by atoms with Gasteiger partial charge in [-0.05, 0) is 72.3 Å². The van der Waals surface area contributed by atoms with Crippen LogP contribution in [0.4, 0.5) is 17.1 Å². The summed E-state index contributed by atoms with van der Waals surface area (Å²) in [5, 5.41) is 4.82. The maximum atomic E-state index is 6.39. The molecule has 240 valence electrons. The summed E-state index contributed by atoms with van der Waals surface area (Å²) in [5.74, 6) is 0.626. The third-order valence-electron chi connectivity index (χ3n) is 9.79. The molecule has 0 unspecified atom stereocenters. The van der Waals surface area contributed by atoms with E-state index in [1.165, 1.54) is 32.6 Å². The highest BCUT2D eigenvalue weighted by atomic mass is 16.3. The van der Waals surface area contributed by atoms with Crippen molar-refractivity contribution in [3.8, 4) is 28.3 Å². The van der Waals surface area contributed by atoms with Crippen molar-refractivity contribution < 1.29 is 4.42 Å². The zero-order valence-electron chi connectivity index (χ0n) is 27.6. The minimum absolute atomic E-state index is 0.626. The summed E-state index contributed by atoms with van der Waals surface area (Å²) >= 11 is 0. The largest absolute Gasteiger partial charge is 0.435 e. The van der Waals surface area contributed by atoms with Crippen LogP contribution in [0, 0.1) is 0 Å². The summed E-state index contributed by atoms with van der Waals surface area (Å²) in [5.41, 5.74) is 11.5. The van der Waals surface area contributed by atoms with Crippen LogP contribution in [-0.4, -0.2) is 9.55 Å². The van der Waals surface area contributed by atoms with Crippen molar-refractivity contribution in [3.63, 3.8) is 0 Å². The minimum atomic E-state index is 0.626. The van der Waals surface area contributed by atoms with Gasteiger partial charge in [0.15, 0.2) is 5.58 Å². The van der Waals surface area contributed by atoms with E-state index in [0.717, 1.165) is 50.5 Å². The van der Waals surface area contributed by atoms with Crippen molar-refractivity contribution in [1.82, 2.24) is 9.55 Å². The molecule has 2 heterocycles. The Morgan fingerprint density at radius 1 is 0.471 bits per heavy atom. The molecule has 0 N–H and O–H groups in total. The lowest BCUT2D eigenvalue weighted by Gasteiger charge is -2.27. The van der Waals surface area contributed by atoms with Crippen molar-refractivity contribution in [1.29, 1.82) is 0 Å². The van der Waals surface area contributed by atoms with Gasteiger partial charge in [-0.25, -0.2) is 4.98 Å². The normalized spacial score (nSPS) is 11.5. The lowest BCUT2D eigenvalue weighted by molar-refractivity contribution is 0.621. The summed E-state index contributed by atoms with van der Waals surface area (Å²) in [4.78, 5) is 7.19. The van der Waals surface area contributed by atoms with Crippen LogP contribution in [0.5, 0.6) is 0 Å². The van der Waals surface area contributed by atoms with Crippen LogP contribution in [-0.2, 0) is 0 Å². The number of benzene rings is 8. The van der Waals surface area contributed by atoms with Gasteiger partial charge in [0.2, 0.25) is 5.89 Å². The highest BCUT2D eigenvalue weighted by Gasteiger charge is 2.22. The first-order valence-corrected chi connectivity index (χ1v) is 17.2. The predicted octanol–water partition coefficient (Wildman–Crippen LogP) is 12.9. The fraction of sp³-hybridized carbons (Fsp3) is 0. The van der Waals surface area contributed by atoms with Crippen LogP contribution in [0.3, 0.4) is 0 Å². The Kier molecular flexibility index (Phi) is 6.78. The molecule has 10 aromatic rings. The SMILES string of the molecule is c1ccc(-c2nc3cccc(-c4ccc(N(c5ccccc5)c5cc6c7ccccc7n(-c7ccccc7)c6c6ccccc56)cc4)c3o2)cc1. The third-order valence-corrected chi connectivity index (χ3v) is 9.79. The second-order valence-corrected chi connectivity index (χ2v) is 12.8. The van der Waals surface area contributed by atoms with Gasteiger partial charge in [0, 0.05) is 49.7 Å². The molecule has 0 atom stereocenters. The molecule has 2 aromatic heterocycles. The van der Waals surface area contributed by atoms with E-state index in [1.807, 2.05) is 42.5 Å². The molecule has 0 aliphatic carbocycles. The maximum absolute atomic E-state index is 6.39. The molecule has 0 amide bonds. The lowest BCUT2D eigenvalue weighted by atomic mass is 10.0. The molecule has 0 bridgehead atoms. The van der Waals surface area contributed by atoms with E-state index in [-0.39, 0.29) is 0 Å². The fourth-order valence-electron chi connectivity index (χ4n) is 7.51. The number of fused-ring (bicyclic) bond motifs is 6. The Balaban J connectivity index is 1.17. The van der Waals surface area contributed by atoms with E-state index in [2.05, 4.69) is 155 Å². The molecule has 0 saturated carbocycles. The first kappa shape index (κ1) is 29.0. The molecule has 0 spiro atoms. The number of aromatic nitrogens is 2. The average Bonchev–Trinajstić information content (AvgIpc) is 3.80. The number of rotatable bonds is 6. The minimum Gasteiger partial charge on any atom is -0.435 e. The van der Waals surface area contributed by atoms with Crippen LogP contribution >= 0.6 is 0 Å². The van der Waals surface area contributed by atoms with Crippen LogP contribution in [0.15, 0.2) is 192 Å². The van der Waals surface area contributed by atoms with Crippen molar-refractivity contribution in [2.45, 2.75) is 0 Å². The van der Waals surface area contributed by atoms with Crippen LogP contribution < -0.4 is 4.90 Å². The molecule has 51 heavy (non-hydrogen) atoms. The molecule has 0 aliphatic heterocycles. The molecule has 4 heteroatoms. The van der Waals surface area contributed by atoms with Crippen molar-refractivity contribution in [2.24, 2.45) is 0 Å². The zero-order valence-corrected chi connectivity index (χ0v) is 27.6. The fourth-order valence-corrected chi connectivity index (χ4v) is 7.51. The van der Waals surface area contributed by atoms with Gasteiger partial charge < -0.3 is 13.9 Å². The van der Waals surface area contributed by atoms with Gasteiger partial charge in [-0.3, -0.25) is 0 Å². The standard InChI is InChI=1S/C47H31N3O/c1-4-15-33(16-5-1)47-48-42-25-14-24-37(46(42)51-47)32-27-29-36(30-28-32)49(34-17-6-2-7-18-34)44-31-41-39-22-12-13-26-43(39)50(35-19-8-3-9-20-35)45(41)40-23-11-10-21-38(40)44/h1-31H.